The van der Waals surface area contributed by atoms with Crippen LogP contribution >= 0.6 is 0 Å². The van der Waals surface area contributed by atoms with Gasteiger partial charge in [0.2, 0.25) is 0 Å². The standard InChI is InChI=1S/C28H24O4/c1-29-21-9-19(10-22(15-21)30-2)27(20-11-23(31-3)16-24(12-20)32-4)28-25-13-17-7-5-6-8-18(17)14-26(25)28/h5-16H,1-4H3. The molecule has 0 spiro atoms. The third-order valence-electron chi connectivity index (χ3n) is 5.89. The zero-order valence-corrected chi connectivity index (χ0v) is 18.6. The van der Waals surface area contributed by atoms with Crippen LogP contribution in [-0.4, -0.2) is 28.4 Å². The maximum Gasteiger partial charge on any atom is 0.123 e. The van der Waals surface area contributed by atoms with E-state index in [0.29, 0.717) is 0 Å². The summed E-state index contributed by atoms with van der Waals surface area (Å²) in [5.74, 6) is 2.95. The summed E-state index contributed by atoms with van der Waals surface area (Å²) in [6.45, 7) is 0. The lowest BCUT2D eigenvalue weighted by atomic mass is 9.95. The molecule has 0 heterocycles. The van der Waals surface area contributed by atoms with Crippen molar-refractivity contribution in [3.63, 3.8) is 0 Å². The van der Waals surface area contributed by atoms with Crippen molar-refractivity contribution in [1.29, 1.82) is 0 Å². The molecule has 0 N–H and O–H groups in total. The predicted octanol–water partition coefficient (Wildman–Crippen LogP) is 6.20. The first-order valence-corrected chi connectivity index (χ1v) is 10.4. The number of benzene rings is 4. The van der Waals surface area contributed by atoms with Crippen LogP contribution in [0.25, 0.3) is 21.9 Å². The minimum absolute atomic E-state index is 0.738. The Kier molecular flexibility index (Phi) is 4.98. The summed E-state index contributed by atoms with van der Waals surface area (Å²) in [4.78, 5) is 0. The summed E-state index contributed by atoms with van der Waals surface area (Å²) in [5.41, 5.74) is 6.82. The van der Waals surface area contributed by atoms with Gasteiger partial charge in [-0.1, -0.05) is 24.3 Å². The topological polar surface area (TPSA) is 36.9 Å². The second-order valence-electron chi connectivity index (χ2n) is 7.70. The largest absolute Gasteiger partial charge is 0.497 e. The average Bonchev–Trinajstić information content (AvgIpc) is 3.53. The molecule has 1 aliphatic rings. The zero-order valence-electron chi connectivity index (χ0n) is 18.6. The number of methoxy groups -OCH3 is 4. The second kappa shape index (κ2) is 7.97. The molecule has 0 unspecified atom stereocenters. The first-order valence-electron chi connectivity index (χ1n) is 10.4. The Labute approximate surface area is 187 Å². The smallest absolute Gasteiger partial charge is 0.123 e. The summed E-state index contributed by atoms with van der Waals surface area (Å²) < 4.78 is 22.2. The van der Waals surface area contributed by atoms with E-state index in [1.807, 2.05) is 36.4 Å². The molecule has 0 fully saturated rings. The summed E-state index contributed by atoms with van der Waals surface area (Å²) in [5, 5.41) is 2.46. The zero-order chi connectivity index (χ0) is 22.2. The summed E-state index contributed by atoms with van der Waals surface area (Å²) >= 11 is 0. The van der Waals surface area contributed by atoms with Crippen LogP contribution in [0.15, 0.2) is 72.8 Å². The number of rotatable bonds is 6. The van der Waals surface area contributed by atoms with Crippen LogP contribution in [0.4, 0.5) is 0 Å². The Morgan fingerprint density at radius 2 is 0.875 bits per heavy atom. The van der Waals surface area contributed by atoms with Crippen molar-refractivity contribution in [1.82, 2.24) is 0 Å². The van der Waals surface area contributed by atoms with Crippen molar-refractivity contribution in [2.24, 2.45) is 0 Å². The van der Waals surface area contributed by atoms with E-state index in [4.69, 9.17) is 18.9 Å². The van der Waals surface area contributed by atoms with Gasteiger partial charge < -0.3 is 18.9 Å². The molecule has 160 valence electrons. The predicted molar refractivity (Wildman–Crippen MR) is 128 cm³/mol. The average molecular weight is 424 g/mol. The van der Waals surface area contributed by atoms with E-state index >= 15 is 0 Å². The van der Waals surface area contributed by atoms with E-state index in [9.17, 15) is 0 Å². The molecular formula is C28H24O4. The van der Waals surface area contributed by atoms with Gasteiger partial charge >= 0.3 is 0 Å². The highest BCUT2D eigenvalue weighted by atomic mass is 16.5. The SMILES string of the molecule is COc1cc(OC)cc(C(=C2c3cc4ccccc4cc32)c2cc(OC)cc(OC)c2)c1. The number of fused-ring (bicyclic) bond motifs is 2. The molecule has 0 radical (unpaired) electrons. The maximum atomic E-state index is 5.56. The summed E-state index contributed by atoms with van der Waals surface area (Å²) in [6.07, 6.45) is 0. The Hall–Kier alpha value is -3.92. The van der Waals surface area contributed by atoms with Crippen LogP contribution in [0.5, 0.6) is 23.0 Å². The van der Waals surface area contributed by atoms with E-state index < -0.39 is 0 Å². The quantitative estimate of drug-likeness (QED) is 0.325. The molecule has 0 bridgehead atoms. The van der Waals surface area contributed by atoms with Gasteiger partial charge in [-0.3, -0.25) is 0 Å². The van der Waals surface area contributed by atoms with E-state index in [1.54, 1.807) is 28.4 Å². The molecule has 0 aromatic heterocycles. The van der Waals surface area contributed by atoms with Gasteiger partial charge in [-0.2, -0.15) is 0 Å². The van der Waals surface area contributed by atoms with Gasteiger partial charge in [0.1, 0.15) is 23.0 Å². The van der Waals surface area contributed by atoms with Crippen molar-refractivity contribution in [2.45, 2.75) is 0 Å². The fraction of sp³-hybridized carbons (Fsp3) is 0.143. The van der Waals surface area contributed by atoms with Gasteiger partial charge in [-0.05, 0) is 80.6 Å². The monoisotopic (exact) mass is 424 g/mol. The second-order valence-corrected chi connectivity index (χ2v) is 7.70. The molecule has 0 saturated carbocycles. The van der Waals surface area contributed by atoms with Crippen LogP contribution in [0.3, 0.4) is 0 Å². The highest BCUT2D eigenvalue weighted by Crippen LogP contribution is 2.52. The summed E-state index contributed by atoms with van der Waals surface area (Å²) in [6, 6.07) is 24.9. The van der Waals surface area contributed by atoms with Crippen molar-refractivity contribution in [3.8, 4) is 23.0 Å². The lowest BCUT2D eigenvalue weighted by Gasteiger charge is -2.14. The van der Waals surface area contributed by atoms with E-state index in [1.165, 1.54) is 27.5 Å². The Bertz CT molecular complexity index is 1220. The first kappa shape index (κ1) is 20.0. The molecule has 4 heteroatoms. The van der Waals surface area contributed by atoms with Gasteiger partial charge in [0, 0.05) is 12.1 Å². The first-order chi connectivity index (χ1) is 15.6. The lowest BCUT2D eigenvalue weighted by Crippen LogP contribution is -1.95. The molecule has 5 rings (SSSR count). The molecule has 1 aliphatic carbocycles. The van der Waals surface area contributed by atoms with Crippen LogP contribution in [0, 0.1) is 0 Å². The molecule has 0 amide bonds. The van der Waals surface area contributed by atoms with Crippen LogP contribution < -0.4 is 18.9 Å². The molecule has 4 nitrogen and oxygen atoms in total. The molecule has 0 atom stereocenters. The van der Waals surface area contributed by atoms with Gasteiger partial charge in [0.15, 0.2) is 0 Å². The molecule has 32 heavy (non-hydrogen) atoms. The molecule has 0 saturated heterocycles. The van der Waals surface area contributed by atoms with Gasteiger partial charge in [-0.15, -0.1) is 0 Å². The van der Waals surface area contributed by atoms with Gasteiger partial charge in [0.05, 0.1) is 28.4 Å². The van der Waals surface area contributed by atoms with E-state index in [0.717, 1.165) is 39.7 Å². The highest BCUT2D eigenvalue weighted by Gasteiger charge is 2.31. The minimum Gasteiger partial charge on any atom is -0.497 e. The van der Waals surface area contributed by atoms with E-state index in [-0.39, 0.29) is 0 Å². The number of hydrogen-bond acceptors (Lipinski definition) is 4. The van der Waals surface area contributed by atoms with Crippen LogP contribution in [0.2, 0.25) is 0 Å². The van der Waals surface area contributed by atoms with Crippen LogP contribution in [0.1, 0.15) is 22.3 Å². The van der Waals surface area contributed by atoms with Crippen molar-refractivity contribution in [3.05, 3.63) is 95.1 Å². The third-order valence-corrected chi connectivity index (χ3v) is 5.89. The van der Waals surface area contributed by atoms with Crippen molar-refractivity contribution in [2.75, 3.05) is 28.4 Å². The van der Waals surface area contributed by atoms with Gasteiger partial charge in [-0.25, -0.2) is 0 Å². The Morgan fingerprint density at radius 1 is 0.500 bits per heavy atom. The van der Waals surface area contributed by atoms with Crippen molar-refractivity contribution < 1.29 is 18.9 Å². The number of ether oxygens (including phenoxy) is 4. The molecule has 4 aromatic rings. The van der Waals surface area contributed by atoms with Gasteiger partial charge in [0.25, 0.3) is 0 Å². The Morgan fingerprint density at radius 3 is 1.22 bits per heavy atom. The lowest BCUT2D eigenvalue weighted by molar-refractivity contribution is 0.394. The van der Waals surface area contributed by atoms with E-state index in [2.05, 4.69) is 36.4 Å². The fourth-order valence-corrected chi connectivity index (χ4v) is 4.23. The maximum absolute atomic E-state index is 5.56. The van der Waals surface area contributed by atoms with Crippen LogP contribution in [-0.2, 0) is 0 Å². The summed E-state index contributed by atoms with van der Waals surface area (Å²) in [7, 11) is 6.66. The Balaban J connectivity index is 1.79. The molecule has 4 aromatic carbocycles. The number of hydrogen-bond donors (Lipinski definition) is 0. The molecule has 0 aliphatic heterocycles. The minimum atomic E-state index is 0.738. The molecular weight excluding hydrogens is 400 g/mol. The normalized spacial score (nSPS) is 11.7. The van der Waals surface area contributed by atoms with Crippen molar-refractivity contribution >= 4 is 21.9 Å². The highest BCUT2D eigenvalue weighted by molar-refractivity contribution is 6.18. The third kappa shape index (κ3) is 3.44. The fourth-order valence-electron chi connectivity index (χ4n) is 4.23.